The predicted octanol–water partition coefficient (Wildman–Crippen LogP) is 3.85. The SMILES string of the molecule is Oc1ccc(Cn2cnc(-c3ccccc3)c2)c2cccnc12. The van der Waals surface area contributed by atoms with Gasteiger partial charge in [0.1, 0.15) is 11.3 Å². The topological polar surface area (TPSA) is 50.9 Å². The van der Waals surface area contributed by atoms with Crippen molar-refractivity contribution >= 4 is 10.9 Å². The molecule has 23 heavy (non-hydrogen) atoms. The van der Waals surface area contributed by atoms with Crippen LogP contribution in [-0.2, 0) is 6.54 Å². The molecule has 0 fully saturated rings. The van der Waals surface area contributed by atoms with Crippen molar-refractivity contribution in [3.63, 3.8) is 0 Å². The Hall–Kier alpha value is -3.14. The fourth-order valence-corrected chi connectivity index (χ4v) is 2.76. The van der Waals surface area contributed by atoms with E-state index in [1.165, 1.54) is 0 Å². The minimum Gasteiger partial charge on any atom is -0.506 e. The summed E-state index contributed by atoms with van der Waals surface area (Å²) in [6, 6.07) is 17.6. The van der Waals surface area contributed by atoms with Crippen LogP contribution in [0.4, 0.5) is 0 Å². The zero-order valence-corrected chi connectivity index (χ0v) is 12.4. The van der Waals surface area contributed by atoms with Crippen LogP contribution in [0.5, 0.6) is 5.75 Å². The number of hydrogen-bond donors (Lipinski definition) is 1. The lowest BCUT2D eigenvalue weighted by molar-refractivity contribution is 0.480. The van der Waals surface area contributed by atoms with Gasteiger partial charge in [-0.15, -0.1) is 0 Å². The standard InChI is InChI=1S/C19H15N3O/c23-18-9-8-15(16-7-4-10-20-19(16)18)11-22-12-17(21-13-22)14-5-2-1-3-6-14/h1-10,12-13,23H,11H2. The molecular formula is C19H15N3O. The fourth-order valence-electron chi connectivity index (χ4n) is 2.76. The number of aromatic hydroxyl groups is 1. The molecule has 0 atom stereocenters. The van der Waals surface area contributed by atoms with Gasteiger partial charge in [-0.2, -0.15) is 0 Å². The summed E-state index contributed by atoms with van der Waals surface area (Å²) < 4.78 is 2.04. The Morgan fingerprint density at radius 1 is 0.913 bits per heavy atom. The highest BCUT2D eigenvalue weighted by atomic mass is 16.3. The summed E-state index contributed by atoms with van der Waals surface area (Å²) in [5.74, 6) is 0.208. The smallest absolute Gasteiger partial charge is 0.141 e. The van der Waals surface area contributed by atoms with E-state index in [0.29, 0.717) is 12.1 Å². The number of benzene rings is 2. The van der Waals surface area contributed by atoms with E-state index in [4.69, 9.17) is 0 Å². The lowest BCUT2D eigenvalue weighted by atomic mass is 10.1. The molecule has 4 rings (SSSR count). The van der Waals surface area contributed by atoms with Crippen molar-refractivity contribution in [3.05, 3.63) is 78.9 Å². The first kappa shape index (κ1) is 13.5. The predicted molar refractivity (Wildman–Crippen MR) is 90.2 cm³/mol. The van der Waals surface area contributed by atoms with E-state index in [2.05, 4.69) is 9.97 Å². The molecule has 4 nitrogen and oxygen atoms in total. The number of aromatic nitrogens is 3. The van der Waals surface area contributed by atoms with Gasteiger partial charge in [0.05, 0.1) is 12.0 Å². The fraction of sp³-hybridized carbons (Fsp3) is 0.0526. The highest BCUT2D eigenvalue weighted by Gasteiger charge is 2.08. The molecule has 2 aromatic heterocycles. The van der Waals surface area contributed by atoms with Crippen molar-refractivity contribution in [2.45, 2.75) is 6.54 Å². The Balaban J connectivity index is 1.70. The number of phenolic OH excluding ortho intramolecular Hbond substituents is 1. The normalized spacial score (nSPS) is 11.0. The molecule has 0 saturated carbocycles. The molecule has 0 bridgehead atoms. The van der Waals surface area contributed by atoms with E-state index in [1.54, 1.807) is 12.3 Å². The van der Waals surface area contributed by atoms with Crippen LogP contribution in [0.1, 0.15) is 5.56 Å². The van der Waals surface area contributed by atoms with Crippen LogP contribution < -0.4 is 0 Å². The lowest BCUT2D eigenvalue weighted by Crippen LogP contribution is -1.97. The van der Waals surface area contributed by atoms with E-state index < -0.39 is 0 Å². The van der Waals surface area contributed by atoms with Crippen LogP contribution in [0, 0.1) is 0 Å². The molecule has 0 aliphatic heterocycles. The zero-order chi connectivity index (χ0) is 15.6. The molecule has 0 spiro atoms. The number of fused-ring (bicyclic) bond motifs is 1. The first-order valence-corrected chi connectivity index (χ1v) is 7.44. The van der Waals surface area contributed by atoms with Gasteiger partial charge in [0, 0.05) is 29.9 Å². The van der Waals surface area contributed by atoms with Gasteiger partial charge in [0.15, 0.2) is 0 Å². The quantitative estimate of drug-likeness (QED) is 0.625. The summed E-state index contributed by atoms with van der Waals surface area (Å²) >= 11 is 0. The number of rotatable bonds is 3. The Labute approximate surface area is 133 Å². The minimum atomic E-state index is 0.208. The van der Waals surface area contributed by atoms with Gasteiger partial charge in [-0.1, -0.05) is 42.5 Å². The molecule has 1 N–H and O–H groups in total. The molecule has 0 radical (unpaired) electrons. The third-order valence-electron chi connectivity index (χ3n) is 3.89. The van der Waals surface area contributed by atoms with Crippen LogP contribution in [0.2, 0.25) is 0 Å². The third-order valence-corrected chi connectivity index (χ3v) is 3.89. The summed E-state index contributed by atoms with van der Waals surface area (Å²) in [5.41, 5.74) is 3.78. The summed E-state index contributed by atoms with van der Waals surface area (Å²) in [6.45, 7) is 0.683. The Morgan fingerprint density at radius 3 is 2.65 bits per heavy atom. The maximum atomic E-state index is 9.93. The summed E-state index contributed by atoms with van der Waals surface area (Å²) in [5, 5.41) is 10.9. The molecule has 0 saturated heterocycles. The number of nitrogens with zero attached hydrogens (tertiary/aromatic N) is 3. The highest BCUT2D eigenvalue weighted by Crippen LogP contribution is 2.26. The van der Waals surface area contributed by atoms with E-state index in [1.807, 2.05) is 65.6 Å². The number of pyridine rings is 1. The van der Waals surface area contributed by atoms with Crippen molar-refractivity contribution in [2.24, 2.45) is 0 Å². The maximum absolute atomic E-state index is 9.93. The van der Waals surface area contributed by atoms with E-state index in [9.17, 15) is 5.11 Å². The first-order chi connectivity index (χ1) is 11.3. The molecule has 4 heteroatoms. The van der Waals surface area contributed by atoms with Crippen LogP contribution in [0.15, 0.2) is 73.3 Å². The summed E-state index contributed by atoms with van der Waals surface area (Å²) in [7, 11) is 0. The van der Waals surface area contributed by atoms with Gasteiger partial charge in [0.25, 0.3) is 0 Å². The highest BCUT2D eigenvalue weighted by molar-refractivity contribution is 5.87. The van der Waals surface area contributed by atoms with Crippen LogP contribution in [0.3, 0.4) is 0 Å². The minimum absolute atomic E-state index is 0.208. The summed E-state index contributed by atoms with van der Waals surface area (Å²) in [6.07, 6.45) is 5.55. The maximum Gasteiger partial charge on any atom is 0.141 e. The van der Waals surface area contributed by atoms with Crippen LogP contribution >= 0.6 is 0 Å². The van der Waals surface area contributed by atoms with Gasteiger partial charge >= 0.3 is 0 Å². The van der Waals surface area contributed by atoms with Gasteiger partial charge < -0.3 is 9.67 Å². The van der Waals surface area contributed by atoms with Crippen molar-refractivity contribution in [3.8, 4) is 17.0 Å². The Bertz CT molecular complexity index is 961. The van der Waals surface area contributed by atoms with Gasteiger partial charge in [-0.3, -0.25) is 4.98 Å². The lowest BCUT2D eigenvalue weighted by Gasteiger charge is -2.08. The second kappa shape index (κ2) is 5.57. The Kier molecular flexibility index (Phi) is 3.27. The zero-order valence-electron chi connectivity index (χ0n) is 12.4. The van der Waals surface area contributed by atoms with Crippen molar-refractivity contribution < 1.29 is 5.11 Å². The molecule has 4 aromatic rings. The van der Waals surface area contributed by atoms with Crippen molar-refractivity contribution in [1.82, 2.24) is 14.5 Å². The molecule has 2 heterocycles. The van der Waals surface area contributed by atoms with Gasteiger partial charge in [-0.25, -0.2) is 4.98 Å². The number of phenols is 1. The van der Waals surface area contributed by atoms with E-state index in [0.717, 1.165) is 22.2 Å². The average Bonchev–Trinajstić information content (AvgIpc) is 3.07. The second-order valence-corrected chi connectivity index (χ2v) is 5.44. The van der Waals surface area contributed by atoms with E-state index in [-0.39, 0.29) is 5.75 Å². The van der Waals surface area contributed by atoms with Crippen molar-refractivity contribution in [1.29, 1.82) is 0 Å². The first-order valence-electron chi connectivity index (χ1n) is 7.44. The van der Waals surface area contributed by atoms with Crippen LogP contribution in [-0.4, -0.2) is 19.6 Å². The molecule has 112 valence electrons. The van der Waals surface area contributed by atoms with E-state index >= 15 is 0 Å². The molecule has 0 amide bonds. The molecule has 0 aliphatic carbocycles. The number of hydrogen-bond acceptors (Lipinski definition) is 3. The van der Waals surface area contributed by atoms with Crippen LogP contribution in [0.25, 0.3) is 22.2 Å². The molecular weight excluding hydrogens is 286 g/mol. The average molecular weight is 301 g/mol. The second-order valence-electron chi connectivity index (χ2n) is 5.44. The molecule has 0 aliphatic rings. The largest absolute Gasteiger partial charge is 0.506 e. The van der Waals surface area contributed by atoms with Crippen molar-refractivity contribution in [2.75, 3.05) is 0 Å². The van der Waals surface area contributed by atoms with Gasteiger partial charge in [-0.05, 0) is 17.7 Å². The third kappa shape index (κ3) is 2.55. The molecule has 2 aromatic carbocycles. The molecule has 0 unspecified atom stereocenters. The summed E-state index contributed by atoms with van der Waals surface area (Å²) in [4.78, 5) is 8.74. The number of imidazole rings is 1. The monoisotopic (exact) mass is 301 g/mol. The van der Waals surface area contributed by atoms with Gasteiger partial charge in [0.2, 0.25) is 0 Å². The Morgan fingerprint density at radius 2 is 1.78 bits per heavy atom.